The zero-order valence-electron chi connectivity index (χ0n) is 11.6. The molecule has 0 aliphatic rings. The lowest BCUT2D eigenvalue weighted by Crippen LogP contribution is -2.13. The third-order valence-corrected chi connectivity index (χ3v) is 3.27. The molecule has 22 heavy (non-hydrogen) atoms. The molecule has 0 radical (unpaired) electrons. The van der Waals surface area contributed by atoms with E-state index in [1.807, 2.05) is 6.07 Å². The molecule has 116 valence electrons. The van der Waals surface area contributed by atoms with Gasteiger partial charge in [0, 0.05) is 5.56 Å². The normalized spacial score (nSPS) is 11.3. The molecule has 2 nitrogen and oxygen atoms in total. The first kappa shape index (κ1) is 16.4. The molecule has 0 aliphatic heterocycles. The standard InChI is InChI=1S/C16H12ClF3O2/c1-10(21)15-13(16(18,19)20)7-12(8-14(15)17)22-9-11-5-3-2-4-6-11/h2-8H,9H2,1H3. The van der Waals surface area contributed by atoms with Crippen LogP contribution in [0, 0.1) is 0 Å². The first-order valence-electron chi connectivity index (χ1n) is 6.37. The fourth-order valence-corrected chi connectivity index (χ4v) is 2.33. The minimum atomic E-state index is -4.68. The number of ether oxygens (including phenoxy) is 1. The van der Waals surface area contributed by atoms with Crippen LogP contribution in [0.15, 0.2) is 42.5 Å². The Bertz CT molecular complexity index is 682. The fraction of sp³-hybridized carbons (Fsp3) is 0.188. The molecule has 2 rings (SSSR count). The second-order valence-electron chi connectivity index (χ2n) is 4.66. The molecule has 0 atom stereocenters. The van der Waals surface area contributed by atoms with Crippen molar-refractivity contribution in [2.24, 2.45) is 0 Å². The van der Waals surface area contributed by atoms with Crippen molar-refractivity contribution in [3.63, 3.8) is 0 Å². The number of Topliss-reactive ketones (excluding diaryl/α,β-unsaturated/α-hetero) is 1. The Morgan fingerprint density at radius 1 is 1.18 bits per heavy atom. The molecule has 0 aromatic heterocycles. The highest BCUT2D eigenvalue weighted by molar-refractivity contribution is 6.34. The number of carbonyl (C=O) groups excluding carboxylic acids is 1. The van der Waals surface area contributed by atoms with Gasteiger partial charge in [-0.1, -0.05) is 41.9 Å². The third-order valence-electron chi connectivity index (χ3n) is 2.97. The van der Waals surface area contributed by atoms with Crippen LogP contribution in [0.5, 0.6) is 5.75 Å². The summed E-state index contributed by atoms with van der Waals surface area (Å²) in [7, 11) is 0. The summed E-state index contributed by atoms with van der Waals surface area (Å²) >= 11 is 5.82. The molecule has 0 N–H and O–H groups in total. The van der Waals surface area contributed by atoms with Gasteiger partial charge in [0.1, 0.15) is 12.4 Å². The molecular formula is C16H12ClF3O2. The summed E-state index contributed by atoms with van der Waals surface area (Å²) in [6.07, 6.45) is -4.68. The Balaban J connectivity index is 2.34. The third kappa shape index (κ3) is 3.80. The predicted octanol–water partition coefficient (Wildman–Crippen LogP) is 5.14. The van der Waals surface area contributed by atoms with Crippen molar-refractivity contribution in [1.29, 1.82) is 0 Å². The Labute approximate surface area is 130 Å². The average molecular weight is 329 g/mol. The lowest BCUT2D eigenvalue weighted by atomic mass is 10.0. The van der Waals surface area contributed by atoms with Crippen LogP contribution in [0.2, 0.25) is 5.02 Å². The van der Waals surface area contributed by atoms with Gasteiger partial charge in [-0.05, 0) is 24.6 Å². The zero-order chi connectivity index (χ0) is 16.3. The maximum Gasteiger partial charge on any atom is 0.417 e. The van der Waals surface area contributed by atoms with Gasteiger partial charge in [-0.2, -0.15) is 13.2 Å². The largest absolute Gasteiger partial charge is 0.489 e. The highest BCUT2D eigenvalue weighted by atomic mass is 35.5. The SMILES string of the molecule is CC(=O)c1c(Cl)cc(OCc2ccccc2)cc1C(F)(F)F. The van der Waals surface area contributed by atoms with E-state index in [4.69, 9.17) is 16.3 Å². The number of rotatable bonds is 4. The lowest BCUT2D eigenvalue weighted by molar-refractivity contribution is -0.138. The smallest absolute Gasteiger partial charge is 0.417 e. The van der Waals surface area contributed by atoms with E-state index in [0.717, 1.165) is 18.6 Å². The maximum atomic E-state index is 13.1. The van der Waals surface area contributed by atoms with Crippen molar-refractivity contribution < 1.29 is 22.7 Å². The number of halogens is 4. The van der Waals surface area contributed by atoms with Gasteiger partial charge in [-0.3, -0.25) is 4.79 Å². The number of benzene rings is 2. The van der Waals surface area contributed by atoms with E-state index in [1.54, 1.807) is 24.3 Å². The van der Waals surface area contributed by atoms with E-state index in [1.165, 1.54) is 6.07 Å². The summed E-state index contributed by atoms with van der Waals surface area (Å²) in [6.45, 7) is 1.15. The Kier molecular flexibility index (Phi) is 4.76. The van der Waals surface area contributed by atoms with E-state index in [2.05, 4.69) is 0 Å². The van der Waals surface area contributed by atoms with Gasteiger partial charge in [0.2, 0.25) is 0 Å². The van der Waals surface area contributed by atoms with E-state index >= 15 is 0 Å². The minimum Gasteiger partial charge on any atom is -0.489 e. The van der Waals surface area contributed by atoms with Gasteiger partial charge in [0.25, 0.3) is 0 Å². The molecule has 6 heteroatoms. The zero-order valence-corrected chi connectivity index (χ0v) is 12.3. The Morgan fingerprint density at radius 2 is 1.82 bits per heavy atom. The van der Waals surface area contributed by atoms with Gasteiger partial charge in [0.15, 0.2) is 5.78 Å². The van der Waals surface area contributed by atoms with Crippen molar-refractivity contribution in [3.05, 3.63) is 64.2 Å². The van der Waals surface area contributed by atoms with Crippen molar-refractivity contribution >= 4 is 17.4 Å². The highest BCUT2D eigenvalue weighted by Crippen LogP contribution is 2.38. The van der Waals surface area contributed by atoms with Crippen LogP contribution in [0.1, 0.15) is 28.4 Å². The molecule has 0 heterocycles. The second kappa shape index (κ2) is 6.40. The second-order valence-corrected chi connectivity index (χ2v) is 5.06. The highest BCUT2D eigenvalue weighted by Gasteiger charge is 2.36. The molecule has 0 spiro atoms. The molecule has 0 amide bonds. The molecule has 0 saturated carbocycles. The molecule has 2 aromatic rings. The first-order valence-corrected chi connectivity index (χ1v) is 6.75. The van der Waals surface area contributed by atoms with Crippen LogP contribution < -0.4 is 4.74 Å². The molecule has 2 aromatic carbocycles. The van der Waals surface area contributed by atoms with E-state index in [0.29, 0.717) is 0 Å². The summed E-state index contributed by atoms with van der Waals surface area (Å²) < 4.78 is 44.5. The van der Waals surface area contributed by atoms with Crippen LogP contribution in [-0.2, 0) is 12.8 Å². The number of alkyl halides is 3. The van der Waals surface area contributed by atoms with E-state index < -0.39 is 23.1 Å². The summed E-state index contributed by atoms with van der Waals surface area (Å²) in [6, 6.07) is 11.0. The Hall–Kier alpha value is -2.01. The van der Waals surface area contributed by atoms with Gasteiger partial charge >= 0.3 is 6.18 Å². The first-order chi connectivity index (χ1) is 10.3. The molecule has 0 bridgehead atoms. The lowest BCUT2D eigenvalue weighted by Gasteiger charge is -2.15. The molecule has 0 saturated heterocycles. The van der Waals surface area contributed by atoms with Gasteiger partial charge < -0.3 is 4.74 Å². The Morgan fingerprint density at radius 3 is 2.36 bits per heavy atom. The van der Waals surface area contributed by atoms with E-state index in [9.17, 15) is 18.0 Å². The van der Waals surface area contributed by atoms with Crippen molar-refractivity contribution in [1.82, 2.24) is 0 Å². The van der Waals surface area contributed by atoms with Crippen LogP contribution >= 0.6 is 11.6 Å². The van der Waals surface area contributed by atoms with E-state index in [-0.39, 0.29) is 17.4 Å². The number of hydrogen-bond donors (Lipinski definition) is 0. The number of ketones is 1. The predicted molar refractivity (Wildman–Crippen MR) is 77.2 cm³/mol. The van der Waals surface area contributed by atoms with Gasteiger partial charge in [-0.15, -0.1) is 0 Å². The minimum absolute atomic E-state index is 0.0359. The number of carbonyl (C=O) groups is 1. The van der Waals surface area contributed by atoms with Gasteiger partial charge in [-0.25, -0.2) is 0 Å². The fourth-order valence-electron chi connectivity index (χ4n) is 1.99. The number of hydrogen-bond acceptors (Lipinski definition) is 2. The van der Waals surface area contributed by atoms with Gasteiger partial charge in [0.05, 0.1) is 10.6 Å². The molecule has 0 unspecified atom stereocenters. The van der Waals surface area contributed by atoms with Crippen LogP contribution in [0.3, 0.4) is 0 Å². The molecular weight excluding hydrogens is 317 g/mol. The van der Waals surface area contributed by atoms with Crippen molar-refractivity contribution in [2.45, 2.75) is 19.7 Å². The van der Waals surface area contributed by atoms with Crippen LogP contribution in [0.25, 0.3) is 0 Å². The topological polar surface area (TPSA) is 26.3 Å². The molecule has 0 aliphatic carbocycles. The van der Waals surface area contributed by atoms with Crippen LogP contribution in [-0.4, -0.2) is 5.78 Å². The maximum absolute atomic E-state index is 13.1. The monoisotopic (exact) mass is 328 g/mol. The summed E-state index contributed by atoms with van der Waals surface area (Å²) in [5, 5.41) is -0.273. The molecule has 0 fully saturated rings. The average Bonchev–Trinajstić information content (AvgIpc) is 2.44. The van der Waals surface area contributed by atoms with Crippen molar-refractivity contribution in [2.75, 3.05) is 0 Å². The summed E-state index contributed by atoms with van der Waals surface area (Å²) in [5.74, 6) is -0.780. The van der Waals surface area contributed by atoms with Crippen LogP contribution in [0.4, 0.5) is 13.2 Å². The van der Waals surface area contributed by atoms with Crippen molar-refractivity contribution in [3.8, 4) is 5.75 Å². The summed E-state index contributed by atoms with van der Waals surface area (Å²) in [5.41, 5.74) is -0.820. The quantitative estimate of drug-likeness (QED) is 0.726. The summed E-state index contributed by atoms with van der Waals surface area (Å²) in [4.78, 5) is 11.4.